The molecule has 1 nitrogen and oxygen atoms in total. The van der Waals surface area contributed by atoms with Gasteiger partial charge in [-0.05, 0) is 43.4 Å². The minimum Gasteiger partial charge on any atom is -0.374 e. The fourth-order valence-electron chi connectivity index (χ4n) is 3.35. The van der Waals surface area contributed by atoms with Crippen LogP contribution in [0, 0.1) is 17.8 Å². The summed E-state index contributed by atoms with van der Waals surface area (Å²) in [4.78, 5) is 0. The van der Waals surface area contributed by atoms with Crippen LogP contribution < -0.4 is 0 Å². The molecule has 0 aromatic rings. The molecule has 112 valence electrons. The van der Waals surface area contributed by atoms with Crippen LogP contribution in [-0.4, -0.2) is 28.4 Å². The highest BCUT2D eigenvalue weighted by Gasteiger charge is 2.71. The number of hydrogen-bond donors (Lipinski definition) is 1. The van der Waals surface area contributed by atoms with E-state index in [0.717, 1.165) is 0 Å². The van der Waals surface area contributed by atoms with Crippen LogP contribution in [0.2, 0.25) is 0 Å². The third-order valence-corrected chi connectivity index (χ3v) is 4.95. The Balaban J connectivity index is 2.16. The second kappa shape index (κ2) is 4.41. The summed E-state index contributed by atoms with van der Waals surface area (Å²) in [5.41, 5.74) is -4.61. The van der Waals surface area contributed by atoms with E-state index >= 15 is 0 Å². The first-order valence-corrected chi connectivity index (χ1v) is 6.39. The Morgan fingerprint density at radius 3 is 1.74 bits per heavy atom. The van der Waals surface area contributed by atoms with E-state index in [0.29, 0.717) is 12.8 Å². The number of fused-ring (bicyclic) bond motifs is 2. The maximum atomic E-state index is 12.6. The van der Waals surface area contributed by atoms with Crippen LogP contribution in [0.25, 0.3) is 0 Å². The zero-order chi connectivity index (χ0) is 14.6. The Morgan fingerprint density at radius 1 is 0.895 bits per heavy atom. The lowest BCUT2D eigenvalue weighted by atomic mass is 9.79. The van der Waals surface area contributed by atoms with E-state index in [1.807, 2.05) is 0 Å². The van der Waals surface area contributed by atoms with Gasteiger partial charge in [-0.15, -0.1) is 11.6 Å². The molecule has 2 bridgehead atoms. The fourth-order valence-corrected chi connectivity index (χ4v) is 3.78. The molecule has 2 rings (SSSR count). The van der Waals surface area contributed by atoms with Crippen molar-refractivity contribution in [2.45, 2.75) is 49.0 Å². The van der Waals surface area contributed by atoms with E-state index in [4.69, 9.17) is 16.7 Å². The SMILES string of the molecule is OC(CC1CC2CC1CC2Cl)(C(F)(F)F)C(F)(F)F. The number of aliphatic hydroxyl groups is 1. The average Bonchev–Trinajstić information content (AvgIpc) is 2.72. The van der Waals surface area contributed by atoms with Gasteiger partial charge in [0.25, 0.3) is 5.60 Å². The van der Waals surface area contributed by atoms with Crippen molar-refractivity contribution >= 4 is 11.6 Å². The lowest BCUT2D eigenvalue weighted by molar-refractivity contribution is -0.373. The summed E-state index contributed by atoms with van der Waals surface area (Å²) in [7, 11) is 0. The molecule has 0 heterocycles. The highest BCUT2D eigenvalue weighted by molar-refractivity contribution is 6.21. The molecule has 0 aromatic carbocycles. The number of halogens is 7. The molecule has 0 radical (unpaired) electrons. The van der Waals surface area contributed by atoms with Crippen molar-refractivity contribution in [1.82, 2.24) is 0 Å². The summed E-state index contributed by atoms with van der Waals surface area (Å²) in [6, 6.07) is 0. The number of hydrogen-bond acceptors (Lipinski definition) is 1. The molecule has 2 fully saturated rings. The van der Waals surface area contributed by atoms with Gasteiger partial charge < -0.3 is 5.11 Å². The Morgan fingerprint density at radius 2 is 1.42 bits per heavy atom. The number of alkyl halides is 7. The zero-order valence-corrected chi connectivity index (χ0v) is 10.5. The van der Waals surface area contributed by atoms with Crippen molar-refractivity contribution in [3.05, 3.63) is 0 Å². The predicted octanol–water partition coefficient (Wildman–Crippen LogP) is 3.89. The standard InChI is InChI=1S/C11H13ClF6O/c12-8-3-5-1-6(8)2-7(5)4-9(19,10(13,14)15)11(16,17)18/h5-8,19H,1-4H2. The van der Waals surface area contributed by atoms with Gasteiger partial charge in [0.15, 0.2) is 0 Å². The van der Waals surface area contributed by atoms with Crippen molar-refractivity contribution < 1.29 is 31.4 Å². The van der Waals surface area contributed by atoms with Gasteiger partial charge in [-0.1, -0.05) is 0 Å². The maximum Gasteiger partial charge on any atom is 0.426 e. The summed E-state index contributed by atoms with van der Waals surface area (Å²) in [6.07, 6.45) is -11.5. The van der Waals surface area contributed by atoms with Gasteiger partial charge in [-0.25, -0.2) is 0 Å². The highest BCUT2D eigenvalue weighted by Crippen LogP contribution is 2.56. The number of rotatable bonds is 2. The van der Waals surface area contributed by atoms with Gasteiger partial charge in [0.1, 0.15) is 0 Å². The van der Waals surface area contributed by atoms with Crippen LogP contribution >= 0.6 is 11.6 Å². The molecule has 2 aliphatic rings. The first kappa shape index (κ1) is 15.2. The van der Waals surface area contributed by atoms with Crippen LogP contribution in [0.4, 0.5) is 26.3 Å². The molecule has 8 heteroatoms. The molecular formula is C11H13ClF6O. The first-order chi connectivity index (χ1) is 8.46. The Hall–Kier alpha value is -0.170. The molecule has 4 unspecified atom stereocenters. The zero-order valence-electron chi connectivity index (χ0n) is 9.73. The fraction of sp³-hybridized carbons (Fsp3) is 1.00. The normalized spacial score (nSPS) is 36.0. The minimum absolute atomic E-state index is 0.0256. The Bertz CT molecular complexity index is 336. The topological polar surface area (TPSA) is 20.2 Å². The average molecular weight is 311 g/mol. The largest absolute Gasteiger partial charge is 0.426 e. The van der Waals surface area contributed by atoms with Gasteiger partial charge in [0.2, 0.25) is 0 Å². The minimum atomic E-state index is -5.71. The Kier molecular flexibility index (Phi) is 3.54. The quantitative estimate of drug-likeness (QED) is 0.606. The lowest BCUT2D eigenvalue weighted by Gasteiger charge is -2.36. The van der Waals surface area contributed by atoms with E-state index in [1.165, 1.54) is 0 Å². The van der Waals surface area contributed by atoms with E-state index in [9.17, 15) is 26.3 Å². The summed E-state index contributed by atoms with van der Waals surface area (Å²) in [5.74, 6) is -1.04. The summed E-state index contributed by atoms with van der Waals surface area (Å²) < 4.78 is 75.5. The van der Waals surface area contributed by atoms with Crippen LogP contribution in [0.1, 0.15) is 25.7 Å². The van der Waals surface area contributed by atoms with E-state index in [2.05, 4.69) is 0 Å². The molecule has 0 amide bonds. The van der Waals surface area contributed by atoms with E-state index in [1.54, 1.807) is 0 Å². The third-order valence-electron chi connectivity index (χ3n) is 4.41. The summed E-state index contributed by atoms with van der Waals surface area (Å²) in [6.45, 7) is 0. The van der Waals surface area contributed by atoms with Gasteiger partial charge in [0.05, 0.1) is 0 Å². The van der Waals surface area contributed by atoms with Gasteiger partial charge >= 0.3 is 12.4 Å². The van der Waals surface area contributed by atoms with Gasteiger partial charge in [-0.3, -0.25) is 0 Å². The smallest absolute Gasteiger partial charge is 0.374 e. The molecule has 0 aromatic heterocycles. The van der Waals surface area contributed by atoms with Crippen molar-refractivity contribution in [2.75, 3.05) is 0 Å². The molecule has 4 atom stereocenters. The highest BCUT2D eigenvalue weighted by atomic mass is 35.5. The second-order valence-corrected chi connectivity index (χ2v) is 6.12. The lowest BCUT2D eigenvalue weighted by Crippen LogP contribution is -2.58. The van der Waals surface area contributed by atoms with Crippen molar-refractivity contribution in [2.24, 2.45) is 17.8 Å². The van der Waals surface area contributed by atoms with E-state index in [-0.39, 0.29) is 23.6 Å². The van der Waals surface area contributed by atoms with Crippen LogP contribution in [0.3, 0.4) is 0 Å². The van der Waals surface area contributed by atoms with Crippen LogP contribution in [-0.2, 0) is 0 Å². The van der Waals surface area contributed by atoms with Crippen molar-refractivity contribution in [1.29, 1.82) is 0 Å². The molecule has 1 N–H and O–H groups in total. The molecular weight excluding hydrogens is 298 g/mol. The first-order valence-electron chi connectivity index (χ1n) is 5.95. The predicted molar refractivity (Wildman–Crippen MR) is 55.6 cm³/mol. The van der Waals surface area contributed by atoms with Crippen molar-refractivity contribution in [3.8, 4) is 0 Å². The molecule has 2 aliphatic carbocycles. The Labute approximate surface area is 110 Å². The molecule has 2 saturated carbocycles. The summed E-state index contributed by atoms with van der Waals surface area (Å²) >= 11 is 5.92. The van der Waals surface area contributed by atoms with Crippen LogP contribution in [0.5, 0.6) is 0 Å². The molecule has 19 heavy (non-hydrogen) atoms. The third kappa shape index (κ3) is 2.44. The van der Waals surface area contributed by atoms with E-state index < -0.39 is 30.3 Å². The molecule has 0 saturated heterocycles. The summed E-state index contributed by atoms with van der Waals surface area (Å²) in [5, 5.41) is 8.99. The van der Waals surface area contributed by atoms with Gasteiger partial charge in [0, 0.05) is 5.38 Å². The monoisotopic (exact) mass is 310 g/mol. The van der Waals surface area contributed by atoms with Gasteiger partial charge in [-0.2, -0.15) is 26.3 Å². The molecule has 0 aliphatic heterocycles. The molecule has 0 spiro atoms. The van der Waals surface area contributed by atoms with Crippen molar-refractivity contribution in [3.63, 3.8) is 0 Å². The van der Waals surface area contributed by atoms with Crippen LogP contribution in [0.15, 0.2) is 0 Å². The second-order valence-electron chi connectivity index (χ2n) is 5.56. The maximum absolute atomic E-state index is 12.6.